The summed E-state index contributed by atoms with van der Waals surface area (Å²) in [5, 5.41) is 4.36. The molecule has 7 heteroatoms. The Morgan fingerprint density at radius 2 is 1.21 bits per heavy atom. The van der Waals surface area contributed by atoms with Gasteiger partial charge in [0, 0.05) is 26.2 Å². The average molecular weight is 394 g/mol. The summed E-state index contributed by atoms with van der Waals surface area (Å²) in [5.74, 6) is 2.07. The van der Waals surface area contributed by atoms with Crippen LogP contribution in [-0.4, -0.2) is 47.3 Å². The predicted molar refractivity (Wildman–Crippen MR) is 119 cm³/mol. The summed E-state index contributed by atoms with van der Waals surface area (Å²) in [7, 11) is 0. The summed E-state index contributed by atoms with van der Waals surface area (Å²) in [6.07, 6.45) is 11.7. The molecule has 154 valence electrons. The summed E-state index contributed by atoms with van der Waals surface area (Å²) in [6, 6.07) is 10.0. The number of aromatic nitrogens is 3. The van der Waals surface area contributed by atoms with Gasteiger partial charge in [-0.2, -0.15) is 20.1 Å². The SMILES string of the molecule is C(=NNc1nc(N2CCCCCC2)nc(N2CCCCCC2)n1)c1ccccc1. The van der Waals surface area contributed by atoms with Crippen LogP contribution >= 0.6 is 0 Å². The standard InChI is InChI=1S/C22H31N7/c1-2-9-15-28(14-8-1)21-24-20(27-23-18-19-12-6-5-7-13-19)25-22(26-21)29-16-10-3-4-11-17-29/h5-7,12-13,18H,1-4,8-11,14-17H2,(H,24,25,26,27). The summed E-state index contributed by atoms with van der Waals surface area (Å²) >= 11 is 0. The minimum absolute atomic E-state index is 0.519. The van der Waals surface area contributed by atoms with Crippen molar-refractivity contribution in [2.45, 2.75) is 51.4 Å². The highest BCUT2D eigenvalue weighted by Crippen LogP contribution is 2.22. The highest BCUT2D eigenvalue weighted by molar-refractivity contribution is 5.79. The number of benzene rings is 1. The fraction of sp³-hybridized carbons (Fsp3) is 0.545. The van der Waals surface area contributed by atoms with Crippen LogP contribution in [0.4, 0.5) is 17.8 Å². The van der Waals surface area contributed by atoms with Gasteiger partial charge in [0.1, 0.15) is 0 Å². The highest BCUT2D eigenvalue weighted by Gasteiger charge is 2.19. The normalized spacial score (nSPS) is 18.5. The van der Waals surface area contributed by atoms with E-state index < -0.39 is 0 Å². The molecule has 1 aromatic carbocycles. The van der Waals surface area contributed by atoms with Crippen molar-refractivity contribution in [2.24, 2.45) is 5.10 Å². The van der Waals surface area contributed by atoms with Crippen molar-refractivity contribution in [1.82, 2.24) is 15.0 Å². The second-order valence-corrected chi connectivity index (χ2v) is 7.84. The summed E-state index contributed by atoms with van der Waals surface area (Å²) < 4.78 is 0. The minimum Gasteiger partial charge on any atom is -0.341 e. The molecule has 2 saturated heterocycles. The van der Waals surface area contributed by atoms with Crippen LogP contribution in [0.15, 0.2) is 35.4 Å². The van der Waals surface area contributed by atoms with Crippen LogP contribution in [0, 0.1) is 0 Å². The average Bonchev–Trinajstić information content (AvgIpc) is 3.20. The van der Waals surface area contributed by atoms with Crippen molar-refractivity contribution in [3.63, 3.8) is 0 Å². The van der Waals surface area contributed by atoms with E-state index in [0.717, 1.165) is 43.6 Å². The quantitative estimate of drug-likeness (QED) is 0.610. The van der Waals surface area contributed by atoms with Crippen molar-refractivity contribution < 1.29 is 0 Å². The monoisotopic (exact) mass is 393 g/mol. The van der Waals surface area contributed by atoms with Gasteiger partial charge in [0.2, 0.25) is 17.8 Å². The Labute approximate surface area is 173 Å². The van der Waals surface area contributed by atoms with E-state index in [-0.39, 0.29) is 0 Å². The summed E-state index contributed by atoms with van der Waals surface area (Å²) in [4.78, 5) is 18.9. The van der Waals surface area contributed by atoms with E-state index in [4.69, 9.17) is 15.0 Å². The third-order valence-corrected chi connectivity index (χ3v) is 5.57. The topological polar surface area (TPSA) is 69.5 Å². The van der Waals surface area contributed by atoms with Crippen LogP contribution in [-0.2, 0) is 0 Å². The maximum Gasteiger partial charge on any atom is 0.250 e. The predicted octanol–water partition coefficient (Wildman–Crippen LogP) is 4.08. The minimum atomic E-state index is 0.519. The maximum atomic E-state index is 4.87. The highest BCUT2D eigenvalue weighted by atomic mass is 15.4. The molecule has 0 radical (unpaired) electrons. The molecule has 0 saturated carbocycles. The first-order valence-electron chi connectivity index (χ1n) is 11.0. The third-order valence-electron chi connectivity index (χ3n) is 5.57. The second kappa shape index (κ2) is 10.2. The maximum absolute atomic E-state index is 4.87. The first kappa shape index (κ1) is 19.6. The number of nitrogens with one attached hydrogen (secondary N) is 1. The van der Waals surface area contributed by atoms with Gasteiger partial charge in [0.15, 0.2) is 0 Å². The molecular weight excluding hydrogens is 362 g/mol. The molecule has 2 aliphatic rings. The van der Waals surface area contributed by atoms with Crippen LogP contribution in [0.1, 0.15) is 56.9 Å². The summed E-state index contributed by atoms with van der Waals surface area (Å²) in [6.45, 7) is 4.04. The number of nitrogens with zero attached hydrogens (tertiary/aromatic N) is 6. The molecule has 3 heterocycles. The van der Waals surface area contributed by atoms with Crippen LogP contribution in [0.3, 0.4) is 0 Å². The first-order valence-corrected chi connectivity index (χ1v) is 11.0. The van der Waals surface area contributed by atoms with Gasteiger partial charge < -0.3 is 9.80 Å². The van der Waals surface area contributed by atoms with Crippen LogP contribution < -0.4 is 15.2 Å². The summed E-state index contributed by atoms with van der Waals surface area (Å²) in [5.41, 5.74) is 4.07. The molecule has 2 aromatic rings. The van der Waals surface area contributed by atoms with Crippen molar-refractivity contribution >= 4 is 24.1 Å². The lowest BCUT2D eigenvalue weighted by Gasteiger charge is -2.24. The van der Waals surface area contributed by atoms with E-state index >= 15 is 0 Å². The molecule has 0 spiro atoms. The molecule has 1 N–H and O–H groups in total. The molecular formula is C22H31N7. The van der Waals surface area contributed by atoms with Crippen molar-refractivity contribution in [2.75, 3.05) is 41.4 Å². The van der Waals surface area contributed by atoms with Crippen LogP contribution in [0.5, 0.6) is 0 Å². The molecule has 0 atom stereocenters. The fourth-order valence-corrected chi connectivity index (χ4v) is 3.93. The lowest BCUT2D eigenvalue weighted by Crippen LogP contribution is -2.30. The van der Waals surface area contributed by atoms with Gasteiger partial charge in [-0.25, -0.2) is 5.43 Å². The molecule has 0 amide bonds. The van der Waals surface area contributed by atoms with Gasteiger partial charge in [-0.05, 0) is 31.2 Å². The van der Waals surface area contributed by atoms with E-state index in [0.29, 0.717) is 5.95 Å². The second-order valence-electron chi connectivity index (χ2n) is 7.84. The van der Waals surface area contributed by atoms with E-state index in [2.05, 4.69) is 20.3 Å². The van der Waals surface area contributed by atoms with E-state index in [1.165, 1.54) is 51.4 Å². The number of hydrogen-bond donors (Lipinski definition) is 1. The Balaban J connectivity index is 1.57. The zero-order valence-electron chi connectivity index (χ0n) is 17.1. The Bertz CT molecular complexity index is 739. The molecule has 7 nitrogen and oxygen atoms in total. The number of rotatable bonds is 5. The van der Waals surface area contributed by atoms with Gasteiger partial charge in [-0.3, -0.25) is 0 Å². The molecule has 4 rings (SSSR count). The zero-order valence-corrected chi connectivity index (χ0v) is 17.1. The Kier molecular flexibility index (Phi) is 6.89. The van der Waals surface area contributed by atoms with Crippen molar-refractivity contribution in [3.05, 3.63) is 35.9 Å². The lowest BCUT2D eigenvalue weighted by molar-refractivity contribution is 0.726. The van der Waals surface area contributed by atoms with Crippen molar-refractivity contribution in [3.8, 4) is 0 Å². The molecule has 1 aromatic heterocycles. The molecule has 2 fully saturated rings. The number of anilines is 3. The Morgan fingerprint density at radius 3 is 1.72 bits per heavy atom. The molecule has 0 aliphatic carbocycles. The van der Waals surface area contributed by atoms with Gasteiger partial charge in [0.25, 0.3) is 0 Å². The first-order chi connectivity index (χ1) is 14.4. The number of hydrazone groups is 1. The van der Waals surface area contributed by atoms with Gasteiger partial charge >= 0.3 is 0 Å². The number of hydrogen-bond acceptors (Lipinski definition) is 7. The van der Waals surface area contributed by atoms with E-state index in [1.54, 1.807) is 6.21 Å². The molecule has 0 bridgehead atoms. The zero-order chi connectivity index (χ0) is 19.7. The Morgan fingerprint density at radius 1 is 0.690 bits per heavy atom. The smallest absolute Gasteiger partial charge is 0.250 e. The van der Waals surface area contributed by atoms with Crippen LogP contribution in [0.25, 0.3) is 0 Å². The van der Waals surface area contributed by atoms with Gasteiger partial charge in [-0.15, -0.1) is 0 Å². The Hall–Kier alpha value is -2.70. The largest absolute Gasteiger partial charge is 0.341 e. The van der Waals surface area contributed by atoms with Gasteiger partial charge in [-0.1, -0.05) is 56.0 Å². The third kappa shape index (κ3) is 5.65. The fourth-order valence-electron chi connectivity index (χ4n) is 3.93. The van der Waals surface area contributed by atoms with Crippen molar-refractivity contribution in [1.29, 1.82) is 0 Å². The van der Waals surface area contributed by atoms with Crippen LogP contribution in [0.2, 0.25) is 0 Å². The molecule has 29 heavy (non-hydrogen) atoms. The molecule has 2 aliphatic heterocycles. The van der Waals surface area contributed by atoms with E-state index in [9.17, 15) is 0 Å². The van der Waals surface area contributed by atoms with E-state index in [1.807, 2.05) is 30.3 Å². The van der Waals surface area contributed by atoms with Gasteiger partial charge in [0.05, 0.1) is 6.21 Å². The lowest BCUT2D eigenvalue weighted by atomic mass is 10.2. The molecule has 0 unspecified atom stereocenters.